The first-order valence-electron chi connectivity index (χ1n) is 3.50. The molecule has 0 bridgehead atoms. The van der Waals surface area contributed by atoms with Crippen molar-refractivity contribution in [2.75, 3.05) is 19.0 Å². The molecule has 0 aliphatic carbocycles. The van der Waals surface area contributed by atoms with Crippen LogP contribution in [-0.4, -0.2) is 33.9 Å². The van der Waals surface area contributed by atoms with E-state index >= 15 is 0 Å². The van der Waals surface area contributed by atoms with Crippen molar-refractivity contribution in [3.8, 4) is 11.8 Å². The number of carbonyl (C=O) groups excluding carboxylic acids is 1. The summed E-state index contributed by atoms with van der Waals surface area (Å²) in [5, 5.41) is 0. The summed E-state index contributed by atoms with van der Waals surface area (Å²) < 4.78 is 30.1. The van der Waals surface area contributed by atoms with Crippen LogP contribution in [0.25, 0.3) is 0 Å². The molecular weight excluding hydrogens is 196 g/mol. The summed E-state index contributed by atoms with van der Waals surface area (Å²) in [5.41, 5.74) is 0. The minimum Gasteiger partial charge on any atom is -0.455 e. The molecule has 0 rings (SSSR count). The first-order chi connectivity index (χ1) is 6.12. The van der Waals surface area contributed by atoms with Crippen LogP contribution >= 0.6 is 0 Å². The zero-order chi connectivity index (χ0) is 10.2. The molecule has 0 N–H and O–H groups in total. The maximum absolute atomic E-state index is 10.7. The Morgan fingerprint density at radius 1 is 1.31 bits per heavy atom. The quantitative estimate of drug-likeness (QED) is 0.263. The largest absolute Gasteiger partial charge is 0.455 e. The predicted molar refractivity (Wildman–Crippen MR) is 45.2 cm³/mol. The maximum Gasteiger partial charge on any atom is 0.294 e. The summed E-state index contributed by atoms with van der Waals surface area (Å²) in [7, 11) is -3.43. The van der Waals surface area contributed by atoms with Crippen LogP contribution in [-0.2, 0) is 23.8 Å². The van der Waals surface area contributed by atoms with Gasteiger partial charge in [0.05, 0.1) is 5.75 Å². The highest BCUT2D eigenvalue weighted by Gasteiger charge is 2.04. The smallest absolute Gasteiger partial charge is 0.294 e. The Labute approximate surface area is 77.2 Å². The highest BCUT2D eigenvalue weighted by molar-refractivity contribution is 7.86. The summed E-state index contributed by atoms with van der Waals surface area (Å²) in [6.07, 6.45) is 0. The molecule has 0 aromatic heterocycles. The molecule has 0 atom stereocenters. The van der Waals surface area contributed by atoms with E-state index in [0.717, 1.165) is 0 Å². The standard InChI is InChI=1S/C7H10O5S/c1-2-13(9,10)12-6-4-3-5-11-7-8/h7H,2,5-6H2,1H3. The van der Waals surface area contributed by atoms with Gasteiger partial charge in [-0.25, -0.2) is 0 Å². The molecule has 0 unspecified atom stereocenters. The van der Waals surface area contributed by atoms with Crippen molar-refractivity contribution in [1.82, 2.24) is 0 Å². The van der Waals surface area contributed by atoms with Gasteiger partial charge in [-0.3, -0.25) is 8.98 Å². The fourth-order valence-corrected chi connectivity index (χ4v) is 0.785. The third kappa shape index (κ3) is 7.31. The van der Waals surface area contributed by atoms with Crippen LogP contribution in [0, 0.1) is 11.8 Å². The van der Waals surface area contributed by atoms with Crippen LogP contribution in [0.2, 0.25) is 0 Å². The lowest BCUT2D eigenvalue weighted by Crippen LogP contribution is -2.08. The molecule has 13 heavy (non-hydrogen) atoms. The maximum atomic E-state index is 10.7. The van der Waals surface area contributed by atoms with Gasteiger partial charge in [-0.2, -0.15) is 8.42 Å². The highest BCUT2D eigenvalue weighted by Crippen LogP contribution is 1.89. The summed E-state index contributed by atoms with van der Waals surface area (Å²) in [6.45, 7) is 1.47. The Morgan fingerprint density at radius 3 is 2.46 bits per heavy atom. The Bertz CT molecular complexity index is 295. The number of carbonyl (C=O) groups is 1. The van der Waals surface area contributed by atoms with Gasteiger partial charge < -0.3 is 4.74 Å². The second-order valence-electron chi connectivity index (χ2n) is 1.87. The molecule has 0 aliphatic heterocycles. The number of hydrogen-bond donors (Lipinski definition) is 0. The molecule has 0 aliphatic rings. The average Bonchev–Trinajstić information content (AvgIpc) is 2.11. The molecule has 0 amide bonds. The van der Waals surface area contributed by atoms with Gasteiger partial charge in [-0.05, 0) is 6.92 Å². The first-order valence-corrected chi connectivity index (χ1v) is 5.08. The normalized spacial score (nSPS) is 9.92. The van der Waals surface area contributed by atoms with Crippen LogP contribution in [0.3, 0.4) is 0 Å². The molecule has 0 heterocycles. The van der Waals surface area contributed by atoms with Gasteiger partial charge in [0.15, 0.2) is 6.61 Å². The van der Waals surface area contributed by atoms with Crippen molar-refractivity contribution in [1.29, 1.82) is 0 Å². The van der Waals surface area contributed by atoms with Gasteiger partial charge in [0.25, 0.3) is 16.6 Å². The third-order valence-electron chi connectivity index (χ3n) is 1.01. The predicted octanol–water partition coefficient (Wildman–Crippen LogP) is -0.471. The molecule has 0 spiro atoms. The van der Waals surface area contributed by atoms with E-state index in [2.05, 4.69) is 20.8 Å². The van der Waals surface area contributed by atoms with Gasteiger partial charge >= 0.3 is 0 Å². The lowest BCUT2D eigenvalue weighted by Gasteiger charge is -1.96. The molecule has 0 aromatic rings. The Kier molecular flexibility index (Phi) is 5.93. The second kappa shape index (κ2) is 6.46. The topological polar surface area (TPSA) is 69.7 Å². The van der Waals surface area contributed by atoms with Crippen LogP contribution in [0.4, 0.5) is 0 Å². The van der Waals surface area contributed by atoms with Gasteiger partial charge in [0.1, 0.15) is 6.61 Å². The van der Waals surface area contributed by atoms with Gasteiger partial charge in [0, 0.05) is 0 Å². The summed E-state index contributed by atoms with van der Waals surface area (Å²) in [5.74, 6) is 4.68. The van der Waals surface area contributed by atoms with E-state index in [0.29, 0.717) is 0 Å². The SMILES string of the molecule is CCS(=O)(=O)OCC#CCOC=O. The molecule has 5 nitrogen and oxygen atoms in total. The third-order valence-corrected chi connectivity index (χ3v) is 2.20. The molecule has 0 saturated heterocycles. The van der Waals surface area contributed by atoms with Crippen LogP contribution in [0.1, 0.15) is 6.92 Å². The van der Waals surface area contributed by atoms with E-state index in [4.69, 9.17) is 0 Å². The van der Waals surface area contributed by atoms with Crippen molar-refractivity contribution in [3.63, 3.8) is 0 Å². The van der Waals surface area contributed by atoms with Gasteiger partial charge in [-0.15, -0.1) is 0 Å². The van der Waals surface area contributed by atoms with E-state index in [1.54, 1.807) is 0 Å². The average molecular weight is 206 g/mol. The lowest BCUT2D eigenvalue weighted by atomic mass is 10.6. The van der Waals surface area contributed by atoms with Crippen LogP contribution in [0.5, 0.6) is 0 Å². The number of ether oxygens (including phenoxy) is 1. The van der Waals surface area contributed by atoms with Crippen molar-refractivity contribution < 1.29 is 22.1 Å². The van der Waals surface area contributed by atoms with E-state index in [1.807, 2.05) is 0 Å². The number of rotatable bonds is 5. The molecular formula is C7H10O5S. The van der Waals surface area contributed by atoms with Crippen LogP contribution in [0.15, 0.2) is 0 Å². The highest BCUT2D eigenvalue weighted by atomic mass is 32.2. The zero-order valence-electron chi connectivity index (χ0n) is 7.15. The molecule has 0 radical (unpaired) electrons. The Morgan fingerprint density at radius 2 is 1.92 bits per heavy atom. The van der Waals surface area contributed by atoms with E-state index in [9.17, 15) is 13.2 Å². The van der Waals surface area contributed by atoms with Crippen molar-refractivity contribution in [3.05, 3.63) is 0 Å². The zero-order valence-corrected chi connectivity index (χ0v) is 7.96. The second-order valence-corrected chi connectivity index (χ2v) is 3.80. The fourth-order valence-electron chi connectivity index (χ4n) is 0.380. The molecule has 0 fully saturated rings. The van der Waals surface area contributed by atoms with Crippen LogP contribution < -0.4 is 0 Å². The Hall–Kier alpha value is -1.06. The summed E-state index contributed by atoms with van der Waals surface area (Å²) >= 11 is 0. The molecule has 0 saturated carbocycles. The minimum absolute atomic E-state index is 0.0565. The molecule has 6 heteroatoms. The fraction of sp³-hybridized carbons (Fsp3) is 0.571. The molecule has 74 valence electrons. The number of hydrogen-bond acceptors (Lipinski definition) is 5. The monoisotopic (exact) mass is 206 g/mol. The lowest BCUT2D eigenvalue weighted by molar-refractivity contribution is -0.127. The van der Waals surface area contributed by atoms with E-state index in [1.165, 1.54) is 6.92 Å². The van der Waals surface area contributed by atoms with Crippen molar-refractivity contribution in [2.45, 2.75) is 6.92 Å². The summed E-state index contributed by atoms with van der Waals surface area (Å²) in [4.78, 5) is 9.63. The Balaban J connectivity index is 3.65. The van der Waals surface area contributed by atoms with E-state index in [-0.39, 0.29) is 25.4 Å². The minimum atomic E-state index is -3.43. The first kappa shape index (κ1) is 11.9. The van der Waals surface area contributed by atoms with Gasteiger partial charge in [0.2, 0.25) is 0 Å². The van der Waals surface area contributed by atoms with Crippen molar-refractivity contribution in [2.24, 2.45) is 0 Å². The van der Waals surface area contributed by atoms with Crippen molar-refractivity contribution >= 4 is 16.6 Å². The van der Waals surface area contributed by atoms with Gasteiger partial charge in [-0.1, -0.05) is 11.8 Å². The summed E-state index contributed by atoms with van der Waals surface area (Å²) in [6, 6.07) is 0. The van der Waals surface area contributed by atoms with E-state index < -0.39 is 10.1 Å². The molecule has 0 aromatic carbocycles.